The third-order valence-electron chi connectivity index (χ3n) is 5.19. The summed E-state index contributed by atoms with van der Waals surface area (Å²) in [5, 5.41) is 9.93. The average molecular weight is 428 g/mol. The van der Waals surface area contributed by atoms with Gasteiger partial charge >= 0.3 is 0 Å². The van der Waals surface area contributed by atoms with Crippen molar-refractivity contribution in [2.75, 3.05) is 19.5 Å². The number of rotatable bonds is 6. The molecule has 9 heteroatoms. The summed E-state index contributed by atoms with van der Waals surface area (Å²) in [5.74, 6) is 1.44. The number of ether oxygens (including phenoxy) is 2. The lowest BCUT2D eigenvalue weighted by atomic mass is 10.0. The van der Waals surface area contributed by atoms with Gasteiger partial charge in [0, 0.05) is 30.1 Å². The minimum atomic E-state index is -0.257. The van der Waals surface area contributed by atoms with E-state index < -0.39 is 0 Å². The molecule has 3 heterocycles. The fraction of sp³-hybridized carbons (Fsp3) is 0.0870. The van der Waals surface area contributed by atoms with Crippen LogP contribution in [-0.4, -0.2) is 45.3 Å². The molecule has 3 aromatic heterocycles. The molecular formula is C23H20N6O3. The maximum atomic E-state index is 13.1. The van der Waals surface area contributed by atoms with Crippen LogP contribution in [0.25, 0.3) is 33.7 Å². The summed E-state index contributed by atoms with van der Waals surface area (Å²) in [4.78, 5) is 23.9. The summed E-state index contributed by atoms with van der Waals surface area (Å²) >= 11 is 0. The number of imidazole rings is 1. The molecule has 0 unspecified atom stereocenters. The number of methoxy groups -OCH3 is 2. The van der Waals surface area contributed by atoms with Crippen LogP contribution >= 0.6 is 0 Å². The molecule has 0 saturated carbocycles. The van der Waals surface area contributed by atoms with Crippen LogP contribution in [-0.2, 0) is 0 Å². The molecule has 0 radical (unpaired) electrons. The summed E-state index contributed by atoms with van der Waals surface area (Å²) in [6, 6.07) is 13.3. The number of H-pyrrole nitrogens is 3. The number of hydrogen-bond acceptors (Lipinski definition) is 5. The first-order chi connectivity index (χ1) is 15.7. The van der Waals surface area contributed by atoms with E-state index in [0.29, 0.717) is 39.8 Å². The molecule has 32 heavy (non-hydrogen) atoms. The number of carbonyl (C=O) groups is 1. The fourth-order valence-electron chi connectivity index (χ4n) is 3.61. The second-order valence-electron chi connectivity index (χ2n) is 7.07. The first kappa shape index (κ1) is 19.4. The van der Waals surface area contributed by atoms with Crippen LogP contribution in [0.4, 0.5) is 5.69 Å². The maximum absolute atomic E-state index is 13.1. The lowest BCUT2D eigenvalue weighted by molar-refractivity contribution is 0.102. The Morgan fingerprint density at radius 1 is 1.03 bits per heavy atom. The van der Waals surface area contributed by atoms with E-state index in [-0.39, 0.29) is 5.91 Å². The van der Waals surface area contributed by atoms with Crippen molar-refractivity contribution in [2.45, 2.75) is 0 Å². The zero-order valence-corrected chi connectivity index (χ0v) is 17.4. The lowest BCUT2D eigenvalue weighted by Crippen LogP contribution is -2.12. The van der Waals surface area contributed by atoms with Gasteiger partial charge in [0.15, 0.2) is 17.3 Å². The first-order valence-electron chi connectivity index (χ1n) is 9.87. The van der Waals surface area contributed by atoms with Crippen molar-refractivity contribution in [3.05, 3.63) is 66.6 Å². The van der Waals surface area contributed by atoms with Crippen molar-refractivity contribution in [1.29, 1.82) is 0 Å². The van der Waals surface area contributed by atoms with Crippen LogP contribution in [0.3, 0.4) is 0 Å². The molecule has 5 aromatic rings. The average Bonchev–Trinajstić information content (AvgIpc) is 3.57. The van der Waals surface area contributed by atoms with Gasteiger partial charge in [-0.15, -0.1) is 0 Å². The van der Waals surface area contributed by atoms with Gasteiger partial charge in [-0.1, -0.05) is 30.3 Å². The van der Waals surface area contributed by atoms with E-state index >= 15 is 0 Å². The Morgan fingerprint density at radius 2 is 1.81 bits per heavy atom. The number of amides is 1. The standard InChI is InChI=1S/C23H20N6O3/c1-31-19-8-16-17(9-20(19)32-2)27-22(26-16)21-18(12-25-29-21)28-23(30)15-11-24-10-14(15)13-6-4-3-5-7-13/h3-12,24H,1-2H3,(H,25,29)(H,26,27)(H,28,30). The molecule has 0 bridgehead atoms. The predicted octanol–water partition coefficient (Wildman–Crippen LogP) is 4.22. The molecule has 9 nitrogen and oxygen atoms in total. The number of carbonyl (C=O) groups excluding carboxylic acids is 1. The summed E-state index contributed by atoms with van der Waals surface area (Å²) in [6.45, 7) is 0. The number of aromatic amines is 3. The van der Waals surface area contributed by atoms with Crippen molar-refractivity contribution in [3.63, 3.8) is 0 Å². The third kappa shape index (κ3) is 3.35. The van der Waals surface area contributed by atoms with Gasteiger partial charge in [0.2, 0.25) is 0 Å². The number of hydrogen-bond donors (Lipinski definition) is 4. The molecule has 0 saturated heterocycles. The third-order valence-corrected chi connectivity index (χ3v) is 5.19. The Bertz CT molecular complexity index is 1360. The van der Waals surface area contributed by atoms with Crippen molar-refractivity contribution < 1.29 is 14.3 Å². The minimum absolute atomic E-state index is 0.257. The molecular weight excluding hydrogens is 408 g/mol. The van der Waals surface area contributed by atoms with Gasteiger partial charge < -0.3 is 24.8 Å². The number of anilines is 1. The van der Waals surface area contributed by atoms with Crippen LogP contribution in [0.1, 0.15) is 10.4 Å². The van der Waals surface area contributed by atoms with Crippen LogP contribution in [0, 0.1) is 0 Å². The van der Waals surface area contributed by atoms with Gasteiger partial charge in [-0.2, -0.15) is 5.10 Å². The van der Waals surface area contributed by atoms with Gasteiger partial charge in [-0.25, -0.2) is 4.98 Å². The quantitative estimate of drug-likeness (QED) is 0.323. The zero-order chi connectivity index (χ0) is 22.1. The molecule has 0 aliphatic heterocycles. The van der Waals surface area contributed by atoms with E-state index in [1.54, 1.807) is 38.9 Å². The van der Waals surface area contributed by atoms with Gasteiger partial charge in [0.1, 0.15) is 5.69 Å². The number of nitrogens with zero attached hydrogens (tertiary/aromatic N) is 2. The Morgan fingerprint density at radius 3 is 2.59 bits per heavy atom. The van der Waals surface area contributed by atoms with E-state index in [0.717, 1.165) is 16.6 Å². The monoisotopic (exact) mass is 428 g/mol. The van der Waals surface area contributed by atoms with Crippen molar-refractivity contribution in [2.24, 2.45) is 0 Å². The highest BCUT2D eigenvalue weighted by atomic mass is 16.5. The van der Waals surface area contributed by atoms with Crippen LogP contribution in [0.15, 0.2) is 61.1 Å². The summed E-state index contributed by atoms with van der Waals surface area (Å²) in [5.41, 5.74) is 4.82. The predicted molar refractivity (Wildman–Crippen MR) is 121 cm³/mol. The molecule has 160 valence electrons. The highest BCUT2D eigenvalue weighted by Gasteiger charge is 2.19. The van der Waals surface area contributed by atoms with Crippen molar-refractivity contribution >= 4 is 22.6 Å². The number of benzene rings is 2. The summed E-state index contributed by atoms with van der Waals surface area (Å²) in [6.07, 6.45) is 5.04. The van der Waals surface area contributed by atoms with E-state index in [4.69, 9.17) is 9.47 Å². The molecule has 5 rings (SSSR count). The van der Waals surface area contributed by atoms with E-state index in [1.807, 2.05) is 36.4 Å². The molecule has 0 atom stereocenters. The Kier molecular flexibility index (Phi) is 4.83. The molecule has 0 aliphatic rings. The second-order valence-corrected chi connectivity index (χ2v) is 7.07. The lowest BCUT2D eigenvalue weighted by Gasteiger charge is -2.06. The minimum Gasteiger partial charge on any atom is -0.493 e. The van der Waals surface area contributed by atoms with Crippen LogP contribution in [0.5, 0.6) is 11.5 Å². The topological polar surface area (TPSA) is 121 Å². The van der Waals surface area contributed by atoms with E-state index in [9.17, 15) is 4.79 Å². The Labute approximate surface area is 182 Å². The van der Waals surface area contributed by atoms with Gasteiger partial charge in [0.05, 0.1) is 42.7 Å². The fourth-order valence-corrected chi connectivity index (χ4v) is 3.61. The molecule has 2 aromatic carbocycles. The van der Waals surface area contributed by atoms with Crippen LogP contribution in [0.2, 0.25) is 0 Å². The van der Waals surface area contributed by atoms with E-state index in [2.05, 4.69) is 30.5 Å². The normalized spacial score (nSPS) is 10.9. The maximum Gasteiger partial charge on any atom is 0.257 e. The number of nitrogens with one attached hydrogen (secondary N) is 4. The Balaban J connectivity index is 1.46. The van der Waals surface area contributed by atoms with E-state index in [1.165, 1.54) is 0 Å². The summed E-state index contributed by atoms with van der Waals surface area (Å²) in [7, 11) is 3.15. The largest absolute Gasteiger partial charge is 0.493 e. The van der Waals surface area contributed by atoms with Crippen molar-refractivity contribution in [3.8, 4) is 34.1 Å². The van der Waals surface area contributed by atoms with Crippen molar-refractivity contribution in [1.82, 2.24) is 25.1 Å². The molecule has 0 spiro atoms. The Hall–Kier alpha value is -4.53. The zero-order valence-electron chi connectivity index (χ0n) is 17.4. The second kappa shape index (κ2) is 7.95. The van der Waals surface area contributed by atoms with Gasteiger partial charge in [-0.05, 0) is 5.56 Å². The summed E-state index contributed by atoms with van der Waals surface area (Å²) < 4.78 is 10.7. The SMILES string of the molecule is COc1cc2nc(-c3[nH]ncc3NC(=O)c3c[nH]cc3-c3ccccc3)[nH]c2cc1OC. The highest BCUT2D eigenvalue weighted by Crippen LogP contribution is 2.33. The van der Waals surface area contributed by atoms with Crippen LogP contribution < -0.4 is 14.8 Å². The highest BCUT2D eigenvalue weighted by molar-refractivity contribution is 6.09. The number of aromatic nitrogens is 5. The molecule has 4 N–H and O–H groups in total. The smallest absolute Gasteiger partial charge is 0.257 e. The number of fused-ring (bicyclic) bond motifs is 1. The molecule has 0 aliphatic carbocycles. The molecule has 1 amide bonds. The van der Waals surface area contributed by atoms with Gasteiger partial charge in [0.25, 0.3) is 5.91 Å². The first-order valence-corrected chi connectivity index (χ1v) is 9.87. The van der Waals surface area contributed by atoms with Gasteiger partial charge in [-0.3, -0.25) is 9.89 Å². The molecule has 0 fully saturated rings.